The minimum atomic E-state index is -0.811. The molecular formula is C60H104O6. The molecule has 0 saturated heterocycles. The van der Waals surface area contributed by atoms with Crippen LogP contribution in [0.4, 0.5) is 0 Å². The zero-order valence-electron chi connectivity index (χ0n) is 43.4. The van der Waals surface area contributed by atoms with Gasteiger partial charge in [0.15, 0.2) is 6.10 Å². The van der Waals surface area contributed by atoms with Crippen molar-refractivity contribution >= 4 is 17.9 Å². The van der Waals surface area contributed by atoms with Crippen molar-refractivity contribution in [2.45, 2.75) is 277 Å². The first-order valence-electron chi connectivity index (χ1n) is 27.9. The molecule has 0 heterocycles. The van der Waals surface area contributed by atoms with Crippen LogP contribution in [0, 0.1) is 0 Å². The van der Waals surface area contributed by atoms with Gasteiger partial charge in [0.1, 0.15) is 13.2 Å². The van der Waals surface area contributed by atoms with Gasteiger partial charge in [0.2, 0.25) is 0 Å². The van der Waals surface area contributed by atoms with E-state index in [0.29, 0.717) is 19.3 Å². The second-order valence-corrected chi connectivity index (χ2v) is 18.5. The second kappa shape index (κ2) is 54.5. The minimum absolute atomic E-state index is 0.102. The molecule has 6 nitrogen and oxygen atoms in total. The van der Waals surface area contributed by atoms with E-state index < -0.39 is 6.10 Å². The van der Waals surface area contributed by atoms with Gasteiger partial charge in [-0.2, -0.15) is 0 Å². The van der Waals surface area contributed by atoms with Crippen LogP contribution in [0.15, 0.2) is 72.9 Å². The van der Waals surface area contributed by atoms with Gasteiger partial charge >= 0.3 is 17.9 Å². The minimum Gasteiger partial charge on any atom is -0.462 e. The molecule has 0 aliphatic carbocycles. The van der Waals surface area contributed by atoms with Crippen molar-refractivity contribution < 1.29 is 28.6 Å². The van der Waals surface area contributed by atoms with E-state index in [1.54, 1.807) is 0 Å². The second-order valence-electron chi connectivity index (χ2n) is 18.5. The maximum Gasteiger partial charge on any atom is 0.306 e. The molecule has 0 spiro atoms. The number of hydrogen-bond donors (Lipinski definition) is 0. The van der Waals surface area contributed by atoms with E-state index in [4.69, 9.17) is 14.2 Å². The average molecular weight is 921 g/mol. The van der Waals surface area contributed by atoms with Crippen molar-refractivity contribution in [1.29, 1.82) is 0 Å². The SMILES string of the molecule is CC/C=C\C/C=C\C/C=C\C/C=C\C/C=C\C/C=C\CCC(=O)OC(COC(=O)CCCCCCCCCCC)COC(=O)CCCCCCCCCCCCCCCCCCCCCC. The average Bonchev–Trinajstić information content (AvgIpc) is 3.31. The summed E-state index contributed by atoms with van der Waals surface area (Å²) in [7, 11) is 0. The number of hydrogen-bond acceptors (Lipinski definition) is 6. The van der Waals surface area contributed by atoms with Crippen LogP contribution in [0.25, 0.3) is 0 Å². The Morgan fingerprint density at radius 1 is 0.318 bits per heavy atom. The number of ether oxygens (including phenoxy) is 3. The van der Waals surface area contributed by atoms with Gasteiger partial charge in [-0.15, -0.1) is 0 Å². The Kier molecular flexibility index (Phi) is 51.9. The standard InChI is InChI=1S/C60H104O6/c1-4-7-10-13-16-19-21-23-25-27-29-31-32-34-36-38-41-44-47-50-53-59(62)65-56-57(55-64-58(61)52-49-46-43-40-18-15-12-9-6-3)66-60(63)54-51-48-45-42-39-37-35-33-30-28-26-24-22-20-17-14-11-8-5-2/h8,11,17,20,24,26,30,33,37,39,45,48,57H,4-7,9-10,12-16,18-19,21-23,25,27-29,31-32,34-36,38,40-44,46-47,49-56H2,1-3H3/b11-8-,20-17-,26-24-,33-30-,39-37-,48-45-. The summed E-state index contributed by atoms with van der Waals surface area (Å²) < 4.78 is 16.7. The van der Waals surface area contributed by atoms with Crippen molar-refractivity contribution in [1.82, 2.24) is 0 Å². The van der Waals surface area contributed by atoms with Crippen molar-refractivity contribution in [3.05, 3.63) is 72.9 Å². The first-order valence-corrected chi connectivity index (χ1v) is 27.9. The monoisotopic (exact) mass is 921 g/mol. The van der Waals surface area contributed by atoms with Crippen LogP contribution in [0.2, 0.25) is 0 Å². The van der Waals surface area contributed by atoms with Gasteiger partial charge < -0.3 is 14.2 Å². The highest BCUT2D eigenvalue weighted by Crippen LogP contribution is 2.16. The molecule has 6 heteroatoms. The molecule has 0 aromatic carbocycles. The van der Waals surface area contributed by atoms with Crippen molar-refractivity contribution in [3.63, 3.8) is 0 Å². The number of allylic oxidation sites excluding steroid dienone is 12. The first kappa shape index (κ1) is 62.8. The third kappa shape index (κ3) is 51.8. The smallest absolute Gasteiger partial charge is 0.306 e. The number of unbranched alkanes of at least 4 members (excludes halogenated alkanes) is 27. The Labute approximate surface area is 408 Å². The Morgan fingerprint density at radius 2 is 0.591 bits per heavy atom. The molecule has 0 saturated carbocycles. The molecular weight excluding hydrogens is 817 g/mol. The molecule has 0 aliphatic heterocycles. The highest BCUT2D eigenvalue weighted by Gasteiger charge is 2.19. The molecule has 66 heavy (non-hydrogen) atoms. The molecule has 380 valence electrons. The van der Waals surface area contributed by atoms with Gasteiger partial charge in [0, 0.05) is 19.3 Å². The summed E-state index contributed by atoms with van der Waals surface area (Å²) in [6.07, 6.45) is 69.2. The third-order valence-corrected chi connectivity index (χ3v) is 12.0. The molecule has 1 atom stereocenters. The number of rotatable bonds is 50. The van der Waals surface area contributed by atoms with Gasteiger partial charge in [-0.05, 0) is 57.8 Å². The van der Waals surface area contributed by atoms with E-state index in [0.717, 1.165) is 77.0 Å². The maximum atomic E-state index is 12.8. The van der Waals surface area contributed by atoms with Crippen molar-refractivity contribution in [2.75, 3.05) is 13.2 Å². The molecule has 0 rings (SSSR count). The van der Waals surface area contributed by atoms with Gasteiger partial charge in [-0.1, -0.05) is 267 Å². The molecule has 0 fully saturated rings. The fourth-order valence-electron chi connectivity index (χ4n) is 7.82. The molecule has 0 aromatic heterocycles. The number of carbonyl (C=O) groups excluding carboxylic acids is 3. The van der Waals surface area contributed by atoms with E-state index in [-0.39, 0.29) is 37.5 Å². The Hall–Kier alpha value is -3.15. The van der Waals surface area contributed by atoms with Crippen LogP contribution in [-0.2, 0) is 28.6 Å². The Balaban J connectivity index is 4.37. The first-order chi connectivity index (χ1) is 32.5. The van der Waals surface area contributed by atoms with E-state index in [1.165, 1.54) is 148 Å². The van der Waals surface area contributed by atoms with E-state index in [2.05, 4.69) is 87.6 Å². The lowest BCUT2D eigenvalue weighted by Gasteiger charge is -2.18. The summed E-state index contributed by atoms with van der Waals surface area (Å²) in [6.45, 7) is 6.46. The lowest BCUT2D eigenvalue weighted by molar-refractivity contribution is -0.166. The van der Waals surface area contributed by atoms with E-state index >= 15 is 0 Å². The van der Waals surface area contributed by atoms with Gasteiger partial charge in [0.25, 0.3) is 0 Å². The van der Waals surface area contributed by atoms with Crippen LogP contribution in [0.5, 0.6) is 0 Å². The third-order valence-electron chi connectivity index (χ3n) is 12.0. The fraction of sp³-hybridized carbons (Fsp3) is 0.750. The van der Waals surface area contributed by atoms with Crippen molar-refractivity contribution in [2.24, 2.45) is 0 Å². The molecule has 0 amide bonds. The summed E-state index contributed by atoms with van der Waals surface area (Å²) in [6, 6.07) is 0. The summed E-state index contributed by atoms with van der Waals surface area (Å²) in [5, 5.41) is 0. The lowest BCUT2D eigenvalue weighted by Crippen LogP contribution is -2.30. The molecule has 0 bridgehead atoms. The van der Waals surface area contributed by atoms with E-state index in [1.807, 2.05) is 6.08 Å². The quantitative estimate of drug-likeness (QED) is 0.0262. The van der Waals surface area contributed by atoms with Gasteiger partial charge in [-0.3, -0.25) is 14.4 Å². The van der Waals surface area contributed by atoms with E-state index in [9.17, 15) is 14.4 Å². The zero-order chi connectivity index (χ0) is 47.9. The number of carbonyl (C=O) groups is 3. The highest BCUT2D eigenvalue weighted by atomic mass is 16.6. The Bertz CT molecular complexity index is 1240. The lowest BCUT2D eigenvalue weighted by atomic mass is 10.0. The van der Waals surface area contributed by atoms with Crippen LogP contribution >= 0.6 is 0 Å². The largest absolute Gasteiger partial charge is 0.462 e. The predicted molar refractivity (Wildman–Crippen MR) is 284 cm³/mol. The van der Waals surface area contributed by atoms with Crippen LogP contribution in [-0.4, -0.2) is 37.2 Å². The maximum absolute atomic E-state index is 12.8. The number of esters is 3. The van der Waals surface area contributed by atoms with Gasteiger partial charge in [-0.25, -0.2) is 0 Å². The molecule has 0 radical (unpaired) electrons. The van der Waals surface area contributed by atoms with Crippen LogP contribution in [0.1, 0.15) is 271 Å². The highest BCUT2D eigenvalue weighted by molar-refractivity contribution is 5.71. The normalized spacial score (nSPS) is 12.6. The zero-order valence-corrected chi connectivity index (χ0v) is 43.4. The molecule has 0 aromatic rings. The summed E-state index contributed by atoms with van der Waals surface area (Å²) in [5.41, 5.74) is 0. The summed E-state index contributed by atoms with van der Waals surface area (Å²) >= 11 is 0. The molecule has 0 N–H and O–H groups in total. The fourth-order valence-corrected chi connectivity index (χ4v) is 7.82. The topological polar surface area (TPSA) is 78.9 Å². The molecule has 1 unspecified atom stereocenters. The predicted octanol–water partition coefficient (Wildman–Crippen LogP) is 18.6. The Morgan fingerprint density at radius 3 is 0.894 bits per heavy atom. The van der Waals surface area contributed by atoms with Crippen LogP contribution in [0.3, 0.4) is 0 Å². The molecule has 0 aliphatic rings. The van der Waals surface area contributed by atoms with Gasteiger partial charge in [0.05, 0.1) is 0 Å². The summed E-state index contributed by atoms with van der Waals surface area (Å²) in [5.74, 6) is -0.982. The summed E-state index contributed by atoms with van der Waals surface area (Å²) in [4.78, 5) is 38.0. The van der Waals surface area contributed by atoms with Crippen molar-refractivity contribution in [3.8, 4) is 0 Å². The van der Waals surface area contributed by atoms with Crippen LogP contribution < -0.4 is 0 Å².